The quantitative estimate of drug-likeness (QED) is 0.900. The molecule has 0 amide bonds. The van der Waals surface area contributed by atoms with E-state index in [4.69, 9.17) is 10.2 Å². The molecule has 2 aromatic carbocycles. The molecule has 0 unspecified atom stereocenters. The molecule has 0 heterocycles. The first-order valence-corrected chi connectivity index (χ1v) is 6.64. The zero-order valence-electron chi connectivity index (χ0n) is 10.7. The largest absolute Gasteiger partial charge is 0.478 e. The molecule has 0 atom stereocenters. The van der Waals surface area contributed by atoms with Crippen LogP contribution in [0.4, 0.5) is 0 Å². The van der Waals surface area contributed by atoms with Gasteiger partial charge in [-0.1, -0.05) is 29.5 Å². The molecule has 20 heavy (non-hydrogen) atoms. The maximum absolute atomic E-state index is 11.2. The second kappa shape index (κ2) is 5.79. The van der Waals surface area contributed by atoms with Gasteiger partial charge in [0, 0.05) is 9.79 Å². The van der Waals surface area contributed by atoms with Crippen LogP contribution in [0.15, 0.2) is 52.3 Å². The van der Waals surface area contributed by atoms with Gasteiger partial charge in [-0.2, -0.15) is 0 Å². The summed E-state index contributed by atoms with van der Waals surface area (Å²) in [4.78, 5) is 23.4. The van der Waals surface area contributed by atoms with Crippen molar-refractivity contribution in [2.45, 2.75) is 16.7 Å². The Hall–Kier alpha value is -2.27. The number of hydrogen-bond acceptors (Lipinski definition) is 3. The summed E-state index contributed by atoms with van der Waals surface area (Å²) in [7, 11) is 0. The van der Waals surface area contributed by atoms with Crippen LogP contribution >= 0.6 is 11.8 Å². The van der Waals surface area contributed by atoms with Crippen molar-refractivity contribution in [2.24, 2.45) is 0 Å². The molecule has 0 radical (unpaired) electrons. The predicted molar refractivity (Wildman–Crippen MR) is 75.7 cm³/mol. The SMILES string of the molecule is Cc1ccc(Sc2cc(C(=O)O)ccc2C(=O)O)cc1. The fourth-order valence-corrected chi connectivity index (χ4v) is 2.63. The Labute approximate surface area is 120 Å². The van der Waals surface area contributed by atoms with Gasteiger partial charge in [0.2, 0.25) is 0 Å². The topological polar surface area (TPSA) is 74.6 Å². The van der Waals surface area contributed by atoms with Gasteiger partial charge in [-0.05, 0) is 37.3 Å². The average molecular weight is 288 g/mol. The van der Waals surface area contributed by atoms with E-state index in [0.29, 0.717) is 4.90 Å². The summed E-state index contributed by atoms with van der Waals surface area (Å²) >= 11 is 1.24. The third-order valence-electron chi connectivity index (χ3n) is 2.71. The van der Waals surface area contributed by atoms with Crippen molar-refractivity contribution in [3.8, 4) is 0 Å². The minimum atomic E-state index is -1.08. The lowest BCUT2D eigenvalue weighted by molar-refractivity contribution is 0.0678. The Morgan fingerprint density at radius 1 is 0.950 bits per heavy atom. The summed E-state index contributed by atoms with van der Waals surface area (Å²) in [6.45, 7) is 1.96. The van der Waals surface area contributed by atoms with Gasteiger partial charge in [0.25, 0.3) is 0 Å². The van der Waals surface area contributed by atoms with Crippen molar-refractivity contribution in [1.82, 2.24) is 0 Å². The van der Waals surface area contributed by atoms with Gasteiger partial charge in [-0.25, -0.2) is 9.59 Å². The average Bonchev–Trinajstić information content (AvgIpc) is 2.41. The first-order chi connectivity index (χ1) is 9.47. The molecule has 2 N–H and O–H groups in total. The zero-order valence-corrected chi connectivity index (χ0v) is 11.5. The van der Waals surface area contributed by atoms with Gasteiger partial charge in [0.15, 0.2) is 0 Å². The molecule has 0 saturated carbocycles. The van der Waals surface area contributed by atoms with Gasteiger partial charge >= 0.3 is 11.9 Å². The number of aryl methyl sites for hydroxylation is 1. The fraction of sp³-hybridized carbons (Fsp3) is 0.0667. The highest BCUT2D eigenvalue weighted by atomic mass is 32.2. The van der Waals surface area contributed by atoms with Crippen LogP contribution in [0.5, 0.6) is 0 Å². The molecule has 0 aliphatic heterocycles. The van der Waals surface area contributed by atoms with Crippen molar-refractivity contribution < 1.29 is 19.8 Å². The number of carbonyl (C=O) groups is 2. The van der Waals surface area contributed by atoms with E-state index in [1.54, 1.807) is 0 Å². The number of carboxylic acid groups (broad SMARTS) is 2. The normalized spacial score (nSPS) is 10.2. The molecule has 0 saturated heterocycles. The molecular formula is C15H12O4S. The lowest BCUT2D eigenvalue weighted by Gasteiger charge is -2.07. The van der Waals surface area contributed by atoms with Gasteiger partial charge in [0.1, 0.15) is 0 Å². The van der Waals surface area contributed by atoms with Crippen LogP contribution in [0.1, 0.15) is 26.3 Å². The van der Waals surface area contributed by atoms with E-state index in [9.17, 15) is 9.59 Å². The second-order valence-electron chi connectivity index (χ2n) is 4.24. The summed E-state index contributed by atoms with van der Waals surface area (Å²) in [5.74, 6) is -2.15. The van der Waals surface area contributed by atoms with Crippen LogP contribution in [0.25, 0.3) is 0 Å². The van der Waals surface area contributed by atoms with Crippen molar-refractivity contribution >= 4 is 23.7 Å². The number of aromatic carboxylic acids is 2. The van der Waals surface area contributed by atoms with E-state index in [-0.39, 0.29) is 11.1 Å². The Kier molecular flexibility index (Phi) is 4.10. The Bertz CT molecular complexity index is 662. The number of carboxylic acids is 2. The zero-order chi connectivity index (χ0) is 14.7. The molecule has 0 bridgehead atoms. The molecule has 0 spiro atoms. The molecule has 2 aromatic rings. The second-order valence-corrected chi connectivity index (χ2v) is 5.35. The highest BCUT2D eigenvalue weighted by Gasteiger charge is 2.14. The Morgan fingerprint density at radius 3 is 2.15 bits per heavy atom. The number of rotatable bonds is 4. The van der Waals surface area contributed by atoms with E-state index < -0.39 is 11.9 Å². The summed E-state index contributed by atoms with van der Waals surface area (Å²) < 4.78 is 0. The summed E-state index contributed by atoms with van der Waals surface area (Å²) in [5.41, 5.74) is 1.28. The van der Waals surface area contributed by atoms with Crippen molar-refractivity contribution in [1.29, 1.82) is 0 Å². The predicted octanol–water partition coefficient (Wildman–Crippen LogP) is 3.54. The Balaban J connectivity index is 2.41. The maximum Gasteiger partial charge on any atom is 0.336 e. The molecule has 0 aliphatic rings. The molecule has 0 aromatic heterocycles. The molecule has 0 fully saturated rings. The van der Waals surface area contributed by atoms with Gasteiger partial charge in [-0.15, -0.1) is 0 Å². The van der Waals surface area contributed by atoms with E-state index in [1.807, 2.05) is 31.2 Å². The van der Waals surface area contributed by atoms with Crippen molar-refractivity contribution in [2.75, 3.05) is 0 Å². The van der Waals surface area contributed by atoms with Crippen LogP contribution in [0, 0.1) is 6.92 Å². The first kappa shape index (κ1) is 14.1. The smallest absolute Gasteiger partial charge is 0.336 e. The van der Waals surface area contributed by atoms with Gasteiger partial charge < -0.3 is 10.2 Å². The summed E-state index contributed by atoms with van der Waals surface area (Å²) in [6, 6.07) is 11.6. The van der Waals surface area contributed by atoms with E-state index in [1.165, 1.54) is 30.0 Å². The van der Waals surface area contributed by atoms with Crippen LogP contribution < -0.4 is 0 Å². The lowest BCUT2D eigenvalue weighted by Crippen LogP contribution is -2.02. The molecule has 102 valence electrons. The van der Waals surface area contributed by atoms with E-state index in [0.717, 1.165) is 10.5 Å². The maximum atomic E-state index is 11.2. The summed E-state index contributed by atoms with van der Waals surface area (Å²) in [6.07, 6.45) is 0. The minimum absolute atomic E-state index is 0.0737. The molecular weight excluding hydrogens is 276 g/mol. The highest BCUT2D eigenvalue weighted by molar-refractivity contribution is 7.99. The van der Waals surface area contributed by atoms with Crippen LogP contribution in [-0.2, 0) is 0 Å². The van der Waals surface area contributed by atoms with E-state index in [2.05, 4.69) is 0 Å². The first-order valence-electron chi connectivity index (χ1n) is 5.82. The van der Waals surface area contributed by atoms with E-state index >= 15 is 0 Å². The van der Waals surface area contributed by atoms with Crippen LogP contribution in [0.3, 0.4) is 0 Å². The third kappa shape index (κ3) is 3.19. The van der Waals surface area contributed by atoms with Crippen LogP contribution in [-0.4, -0.2) is 22.2 Å². The standard InChI is InChI=1S/C15H12O4S/c1-9-2-5-11(6-3-9)20-13-8-10(14(16)17)4-7-12(13)15(18)19/h2-8H,1H3,(H,16,17)(H,18,19). The minimum Gasteiger partial charge on any atom is -0.478 e. The molecule has 4 nitrogen and oxygen atoms in total. The third-order valence-corrected chi connectivity index (χ3v) is 3.77. The Morgan fingerprint density at radius 2 is 1.60 bits per heavy atom. The van der Waals surface area contributed by atoms with Gasteiger partial charge in [0.05, 0.1) is 11.1 Å². The van der Waals surface area contributed by atoms with Crippen LogP contribution in [0.2, 0.25) is 0 Å². The number of hydrogen-bond donors (Lipinski definition) is 2. The van der Waals surface area contributed by atoms with Crippen molar-refractivity contribution in [3.63, 3.8) is 0 Å². The highest BCUT2D eigenvalue weighted by Crippen LogP contribution is 2.31. The van der Waals surface area contributed by atoms with Gasteiger partial charge in [-0.3, -0.25) is 0 Å². The monoisotopic (exact) mass is 288 g/mol. The molecule has 2 rings (SSSR count). The molecule has 5 heteroatoms. The number of benzene rings is 2. The molecule has 0 aliphatic carbocycles. The lowest BCUT2D eigenvalue weighted by atomic mass is 10.1. The summed E-state index contributed by atoms with van der Waals surface area (Å²) in [5, 5.41) is 18.1. The fourth-order valence-electron chi connectivity index (χ4n) is 1.65. The van der Waals surface area contributed by atoms with Crippen molar-refractivity contribution in [3.05, 3.63) is 59.2 Å².